The number of halogens is 3. The Bertz CT molecular complexity index is 87.5. The molecule has 0 aromatic carbocycles. The minimum Gasteiger partial charge on any atom is -0.171 e. The summed E-state index contributed by atoms with van der Waals surface area (Å²) in [6.45, 7) is 3.78. The zero-order chi connectivity index (χ0) is 8.20. The second-order valence-corrected chi connectivity index (χ2v) is 3.97. The summed E-state index contributed by atoms with van der Waals surface area (Å²) in [4.78, 5) is 0. The van der Waals surface area contributed by atoms with Gasteiger partial charge in [0.15, 0.2) is 0 Å². The van der Waals surface area contributed by atoms with Crippen LogP contribution in [-0.2, 0) is 0 Å². The van der Waals surface area contributed by atoms with Crippen molar-refractivity contribution >= 4 is 11.8 Å². The highest BCUT2D eigenvalue weighted by atomic mass is 32.2. The highest BCUT2D eigenvalue weighted by Gasteiger charge is 2.26. The van der Waals surface area contributed by atoms with Crippen molar-refractivity contribution in [1.29, 1.82) is 0 Å². The topological polar surface area (TPSA) is 0 Å². The van der Waals surface area contributed by atoms with E-state index in [1.807, 2.05) is 13.8 Å². The molecule has 0 amide bonds. The van der Waals surface area contributed by atoms with Crippen molar-refractivity contribution in [2.24, 2.45) is 0 Å². The summed E-state index contributed by atoms with van der Waals surface area (Å²) >= 11 is 1.34. The lowest BCUT2D eigenvalue weighted by Gasteiger charge is -2.06. The summed E-state index contributed by atoms with van der Waals surface area (Å²) in [6.07, 6.45) is -4.66. The second kappa shape index (κ2) is 4.11. The zero-order valence-corrected chi connectivity index (χ0v) is 6.85. The van der Waals surface area contributed by atoms with Crippen molar-refractivity contribution in [3.63, 3.8) is 0 Å². The third-order valence-electron chi connectivity index (χ3n) is 0.837. The molecule has 4 heteroatoms. The Labute approximate surface area is 63.2 Å². The van der Waals surface area contributed by atoms with E-state index in [9.17, 15) is 13.2 Å². The lowest BCUT2D eigenvalue weighted by molar-refractivity contribution is -0.129. The standard InChI is InChI=1S/C6H11F3S/c1-5(2)10-4-3-6(7,8)9/h5H,3-4H2,1-2H3. The van der Waals surface area contributed by atoms with Gasteiger partial charge in [-0.05, 0) is 5.25 Å². The van der Waals surface area contributed by atoms with E-state index in [0.29, 0.717) is 5.25 Å². The molecule has 62 valence electrons. The van der Waals surface area contributed by atoms with Gasteiger partial charge < -0.3 is 0 Å². The first-order chi connectivity index (χ1) is 4.42. The molecule has 0 atom stereocenters. The molecule has 0 nitrogen and oxygen atoms in total. The molecule has 0 aromatic heterocycles. The Hall–Kier alpha value is 0.140. The van der Waals surface area contributed by atoms with Crippen LogP contribution in [-0.4, -0.2) is 17.2 Å². The Balaban J connectivity index is 3.21. The molecule has 0 heterocycles. The van der Waals surface area contributed by atoms with E-state index in [2.05, 4.69) is 0 Å². The van der Waals surface area contributed by atoms with Crippen molar-refractivity contribution in [3.05, 3.63) is 0 Å². The van der Waals surface area contributed by atoms with E-state index in [1.54, 1.807) is 0 Å². The van der Waals surface area contributed by atoms with E-state index in [4.69, 9.17) is 0 Å². The van der Waals surface area contributed by atoms with Crippen molar-refractivity contribution in [2.75, 3.05) is 5.75 Å². The first kappa shape index (κ1) is 10.1. The first-order valence-electron chi connectivity index (χ1n) is 3.10. The molecule has 0 aliphatic rings. The molecule has 0 spiro atoms. The van der Waals surface area contributed by atoms with Gasteiger partial charge in [-0.25, -0.2) is 0 Å². The van der Waals surface area contributed by atoms with Gasteiger partial charge in [-0.1, -0.05) is 13.8 Å². The number of thioether (sulfide) groups is 1. The number of hydrogen-bond donors (Lipinski definition) is 0. The van der Waals surface area contributed by atoms with E-state index in [1.165, 1.54) is 11.8 Å². The van der Waals surface area contributed by atoms with E-state index < -0.39 is 12.6 Å². The van der Waals surface area contributed by atoms with Crippen LogP contribution in [0.5, 0.6) is 0 Å². The maximum Gasteiger partial charge on any atom is 0.389 e. The Morgan fingerprint density at radius 3 is 2.10 bits per heavy atom. The molecule has 0 radical (unpaired) electrons. The smallest absolute Gasteiger partial charge is 0.171 e. The molecule has 0 fully saturated rings. The largest absolute Gasteiger partial charge is 0.389 e. The van der Waals surface area contributed by atoms with Crippen molar-refractivity contribution in [2.45, 2.75) is 31.7 Å². The summed E-state index contributed by atoms with van der Waals surface area (Å²) in [5, 5.41) is 0.294. The van der Waals surface area contributed by atoms with E-state index in [0.717, 1.165) is 0 Å². The minimum atomic E-state index is -3.98. The quantitative estimate of drug-likeness (QED) is 0.630. The lowest BCUT2D eigenvalue weighted by Crippen LogP contribution is -2.08. The monoisotopic (exact) mass is 172 g/mol. The lowest BCUT2D eigenvalue weighted by atomic mass is 10.5. The molecule has 0 saturated heterocycles. The van der Waals surface area contributed by atoms with Crippen LogP contribution in [0.2, 0.25) is 0 Å². The normalized spacial score (nSPS) is 12.6. The van der Waals surface area contributed by atoms with Gasteiger partial charge in [-0.3, -0.25) is 0 Å². The fourth-order valence-electron chi connectivity index (χ4n) is 0.410. The van der Waals surface area contributed by atoms with Gasteiger partial charge in [0.1, 0.15) is 0 Å². The minimum absolute atomic E-state index is 0.182. The van der Waals surface area contributed by atoms with Crippen molar-refractivity contribution in [1.82, 2.24) is 0 Å². The SMILES string of the molecule is CC(C)SCCC(F)(F)F. The number of hydrogen-bond acceptors (Lipinski definition) is 1. The fraction of sp³-hybridized carbons (Fsp3) is 1.00. The van der Waals surface area contributed by atoms with Gasteiger partial charge in [-0.15, -0.1) is 0 Å². The molecule has 0 aliphatic heterocycles. The maximum absolute atomic E-state index is 11.5. The molecule has 10 heavy (non-hydrogen) atoms. The third kappa shape index (κ3) is 8.14. The van der Waals surface area contributed by atoms with Gasteiger partial charge in [0, 0.05) is 5.75 Å². The van der Waals surface area contributed by atoms with Crippen LogP contribution in [0.4, 0.5) is 13.2 Å². The molecule has 0 rings (SSSR count). The molecule has 0 N–H and O–H groups in total. The average Bonchev–Trinajstić information content (AvgIpc) is 1.59. The van der Waals surface area contributed by atoms with E-state index in [-0.39, 0.29) is 5.75 Å². The van der Waals surface area contributed by atoms with Crippen molar-refractivity contribution < 1.29 is 13.2 Å². The average molecular weight is 172 g/mol. The van der Waals surface area contributed by atoms with Crippen LogP contribution in [0.25, 0.3) is 0 Å². The van der Waals surface area contributed by atoms with E-state index >= 15 is 0 Å². The molecular weight excluding hydrogens is 161 g/mol. The Kier molecular flexibility index (Phi) is 4.17. The van der Waals surface area contributed by atoms with Crippen LogP contribution >= 0.6 is 11.8 Å². The number of rotatable bonds is 3. The van der Waals surface area contributed by atoms with Gasteiger partial charge in [0.2, 0.25) is 0 Å². The molecule has 0 saturated carbocycles. The third-order valence-corrected chi connectivity index (χ3v) is 1.94. The summed E-state index contributed by atoms with van der Waals surface area (Å²) < 4.78 is 34.5. The molecular formula is C6H11F3S. The van der Waals surface area contributed by atoms with Crippen LogP contribution in [0, 0.1) is 0 Å². The molecule has 0 bridgehead atoms. The van der Waals surface area contributed by atoms with Gasteiger partial charge in [-0.2, -0.15) is 24.9 Å². The first-order valence-corrected chi connectivity index (χ1v) is 4.15. The Morgan fingerprint density at radius 2 is 1.80 bits per heavy atom. The van der Waals surface area contributed by atoms with Crippen LogP contribution in [0.1, 0.15) is 20.3 Å². The summed E-state index contributed by atoms with van der Waals surface area (Å²) in [5.41, 5.74) is 0. The number of alkyl halides is 3. The highest BCUT2D eigenvalue weighted by Crippen LogP contribution is 2.23. The molecule has 0 aliphatic carbocycles. The Morgan fingerprint density at radius 1 is 1.30 bits per heavy atom. The fourth-order valence-corrected chi connectivity index (χ4v) is 1.23. The second-order valence-electron chi connectivity index (χ2n) is 2.28. The van der Waals surface area contributed by atoms with Crippen LogP contribution < -0.4 is 0 Å². The highest BCUT2D eigenvalue weighted by molar-refractivity contribution is 7.99. The predicted octanol–water partition coefficient (Wildman–Crippen LogP) is 3.08. The molecule has 0 aromatic rings. The van der Waals surface area contributed by atoms with Crippen LogP contribution in [0.15, 0.2) is 0 Å². The van der Waals surface area contributed by atoms with Gasteiger partial charge in [0.05, 0.1) is 6.42 Å². The van der Waals surface area contributed by atoms with Crippen molar-refractivity contribution in [3.8, 4) is 0 Å². The van der Waals surface area contributed by atoms with Gasteiger partial charge >= 0.3 is 6.18 Å². The van der Waals surface area contributed by atoms with Gasteiger partial charge in [0.25, 0.3) is 0 Å². The maximum atomic E-state index is 11.5. The zero-order valence-electron chi connectivity index (χ0n) is 6.03. The summed E-state index contributed by atoms with van der Waals surface area (Å²) in [6, 6.07) is 0. The summed E-state index contributed by atoms with van der Waals surface area (Å²) in [7, 11) is 0. The summed E-state index contributed by atoms with van der Waals surface area (Å²) in [5.74, 6) is 0.182. The van der Waals surface area contributed by atoms with Crippen LogP contribution in [0.3, 0.4) is 0 Å². The predicted molar refractivity (Wildman–Crippen MR) is 38.3 cm³/mol. The molecule has 0 unspecified atom stereocenters.